The van der Waals surface area contributed by atoms with E-state index in [9.17, 15) is 27.1 Å². The SMILES string of the molecule is [O-]/C(=C(/Oc1ccccc1)[P+](c1ccccc1)(c1ccccc1)c1ccccc1)C(F)(F)C(F)(F)C(F)(F)F. The Morgan fingerprint density at radius 2 is 0.872 bits per heavy atom. The maximum atomic E-state index is 15.2. The van der Waals surface area contributed by atoms with Crippen LogP contribution in [0.5, 0.6) is 5.75 Å². The van der Waals surface area contributed by atoms with Crippen LogP contribution in [-0.2, 0) is 0 Å². The minimum Gasteiger partial charge on any atom is -0.866 e. The molecule has 0 spiro atoms. The van der Waals surface area contributed by atoms with E-state index in [1.165, 1.54) is 60.7 Å². The highest BCUT2D eigenvalue weighted by Crippen LogP contribution is 2.65. The molecule has 0 heterocycles. The van der Waals surface area contributed by atoms with Crippen LogP contribution < -0.4 is 25.8 Å². The van der Waals surface area contributed by atoms with Crippen molar-refractivity contribution in [2.24, 2.45) is 0 Å². The van der Waals surface area contributed by atoms with Crippen molar-refractivity contribution >= 4 is 23.2 Å². The molecule has 0 aromatic heterocycles. The predicted octanol–water partition coefficient (Wildman–Crippen LogP) is 6.42. The zero-order valence-corrected chi connectivity index (χ0v) is 20.9. The monoisotopic (exact) mass is 564 g/mol. The van der Waals surface area contributed by atoms with Crippen LogP contribution >= 0.6 is 7.26 Å². The number of halogens is 7. The molecular formula is C29H20F7O2P. The van der Waals surface area contributed by atoms with Crippen molar-refractivity contribution in [3.05, 3.63) is 133 Å². The van der Waals surface area contributed by atoms with E-state index in [0.29, 0.717) is 0 Å². The summed E-state index contributed by atoms with van der Waals surface area (Å²) in [6, 6.07) is 30.1. The second-order valence-electron chi connectivity index (χ2n) is 8.37. The Hall–Kier alpha value is -3.84. The molecule has 4 aromatic carbocycles. The van der Waals surface area contributed by atoms with Gasteiger partial charge >= 0.3 is 18.0 Å². The van der Waals surface area contributed by atoms with Crippen LogP contribution in [0.4, 0.5) is 30.7 Å². The molecule has 4 rings (SSSR count). The number of allylic oxidation sites excluding steroid dienone is 1. The highest BCUT2D eigenvalue weighted by molar-refractivity contribution is 7.98. The lowest BCUT2D eigenvalue weighted by Crippen LogP contribution is -2.56. The van der Waals surface area contributed by atoms with Crippen molar-refractivity contribution in [1.82, 2.24) is 0 Å². The second-order valence-corrected chi connectivity index (χ2v) is 11.7. The Morgan fingerprint density at radius 3 is 1.21 bits per heavy atom. The minimum atomic E-state index is -6.71. The van der Waals surface area contributed by atoms with Crippen molar-refractivity contribution in [3.63, 3.8) is 0 Å². The van der Waals surface area contributed by atoms with Gasteiger partial charge in [0.05, 0.1) is 0 Å². The van der Waals surface area contributed by atoms with Gasteiger partial charge in [-0.2, -0.15) is 30.7 Å². The van der Waals surface area contributed by atoms with Gasteiger partial charge in [0.15, 0.2) is 7.26 Å². The molecule has 0 saturated carbocycles. The van der Waals surface area contributed by atoms with Crippen LogP contribution in [0.25, 0.3) is 0 Å². The maximum absolute atomic E-state index is 15.2. The Balaban J connectivity index is 2.21. The third-order valence-corrected chi connectivity index (χ3v) is 10.0. The number of hydrogen-bond acceptors (Lipinski definition) is 2. The summed E-state index contributed by atoms with van der Waals surface area (Å²) in [4.78, 5) is 0. The fourth-order valence-corrected chi connectivity index (χ4v) is 8.22. The number of alkyl halides is 7. The fourth-order valence-electron chi connectivity index (χ4n) is 4.08. The molecule has 0 aliphatic carbocycles. The van der Waals surface area contributed by atoms with Gasteiger partial charge in [0, 0.05) is 5.76 Å². The van der Waals surface area contributed by atoms with E-state index in [-0.39, 0.29) is 21.7 Å². The van der Waals surface area contributed by atoms with Gasteiger partial charge in [-0.3, -0.25) is 0 Å². The van der Waals surface area contributed by atoms with Gasteiger partial charge in [0.1, 0.15) is 21.7 Å². The van der Waals surface area contributed by atoms with E-state index in [1.807, 2.05) is 0 Å². The highest BCUT2D eigenvalue weighted by atomic mass is 31.2. The Kier molecular flexibility index (Phi) is 7.75. The average molecular weight is 564 g/mol. The summed E-state index contributed by atoms with van der Waals surface area (Å²) in [5.74, 6) is -15.8. The molecule has 4 aromatic rings. The molecule has 0 unspecified atom stereocenters. The number of rotatable bonds is 8. The minimum absolute atomic E-state index is 0.195. The molecule has 0 N–H and O–H groups in total. The van der Waals surface area contributed by atoms with Crippen LogP contribution in [0, 0.1) is 0 Å². The summed E-state index contributed by atoms with van der Waals surface area (Å²) in [6.45, 7) is 0. The van der Waals surface area contributed by atoms with E-state index < -0.39 is 36.5 Å². The van der Waals surface area contributed by atoms with Crippen molar-refractivity contribution < 1.29 is 40.6 Å². The van der Waals surface area contributed by atoms with Gasteiger partial charge in [-0.1, -0.05) is 72.8 Å². The van der Waals surface area contributed by atoms with Crippen molar-refractivity contribution in [3.8, 4) is 5.75 Å². The van der Waals surface area contributed by atoms with E-state index in [4.69, 9.17) is 4.74 Å². The molecule has 0 atom stereocenters. The van der Waals surface area contributed by atoms with E-state index in [0.717, 1.165) is 0 Å². The van der Waals surface area contributed by atoms with E-state index >= 15 is 8.78 Å². The lowest BCUT2D eigenvalue weighted by atomic mass is 10.1. The van der Waals surface area contributed by atoms with Gasteiger partial charge in [0.2, 0.25) is 0 Å². The first-order valence-electron chi connectivity index (χ1n) is 11.5. The lowest BCUT2D eigenvalue weighted by molar-refractivity contribution is -0.406. The molecule has 0 amide bonds. The fraction of sp³-hybridized carbons (Fsp3) is 0.103. The third kappa shape index (κ3) is 4.99. The number of benzene rings is 4. The van der Waals surface area contributed by atoms with Crippen molar-refractivity contribution in [2.75, 3.05) is 0 Å². The van der Waals surface area contributed by atoms with Crippen LogP contribution in [0.15, 0.2) is 133 Å². The first-order chi connectivity index (χ1) is 18.4. The molecule has 0 bridgehead atoms. The average Bonchev–Trinajstić information content (AvgIpc) is 2.94. The Bertz CT molecular complexity index is 1310. The summed E-state index contributed by atoms with van der Waals surface area (Å²) in [5.41, 5.74) is -1.22. The highest BCUT2D eigenvalue weighted by Gasteiger charge is 2.74. The first-order valence-corrected chi connectivity index (χ1v) is 13.3. The summed E-state index contributed by atoms with van der Waals surface area (Å²) < 4.78 is 104. The smallest absolute Gasteiger partial charge is 0.460 e. The number of ether oxygens (including phenoxy) is 1. The standard InChI is InChI=1S/C29H20F7O2P/c30-27(31,28(32,33)29(34,35)36)25(37)26(38-21-13-5-1-6-14-21)39(22-15-7-2-8-16-22,23-17-9-3-10-18-23)24-19-11-4-12-20-24/h1-20H/b26-25-. The van der Waals surface area contributed by atoms with Crippen molar-refractivity contribution in [2.45, 2.75) is 18.0 Å². The normalized spacial score (nSPS) is 13.5. The third-order valence-electron chi connectivity index (χ3n) is 5.92. The molecule has 2 nitrogen and oxygen atoms in total. The molecule has 202 valence electrons. The van der Waals surface area contributed by atoms with Crippen LogP contribution in [0.1, 0.15) is 0 Å². The lowest BCUT2D eigenvalue weighted by Gasteiger charge is -2.36. The van der Waals surface area contributed by atoms with E-state index in [1.54, 1.807) is 60.7 Å². The number of para-hydroxylation sites is 1. The molecule has 0 aliphatic rings. The van der Waals surface area contributed by atoms with Gasteiger partial charge < -0.3 is 9.84 Å². The Labute approximate surface area is 220 Å². The van der Waals surface area contributed by atoms with Gasteiger partial charge in [-0.25, -0.2) is 0 Å². The van der Waals surface area contributed by atoms with Gasteiger partial charge in [-0.05, 0) is 48.5 Å². The van der Waals surface area contributed by atoms with E-state index in [2.05, 4.69) is 0 Å². The largest absolute Gasteiger partial charge is 0.866 e. The van der Waals surface area contributed by atoms with Crippen LogP contribution in [-0.4, -0.2) is 18.0 Å². The summed E-state index contributed by atoms with van der Waals surface area (Å²) in [7, 11) is -3.94. The zero-order valence-electron chi connectivity index (χ0n) is 20.0. The molecule has 0 saturated heterocycles. The van der Waals surface area contributed by atoms with Gasteiger partial charge in [0.25, 0.3) is 5.50 Å². The zero-order chi connectivity index (χ0) is 28.3. The molecule has 0 radical (unpaired) electrons. The predicted molar refractivity (Wildman–Crippen MR) is 135 cm³/mol. The Morgan fingerprint density at radius 1 is 0.538 bits per heavy atom. The van der Waals surface area contributed by atoms with Crippen LogP contribution in [0.2, 0.25) is 0 Å². The van der Waals surface area contributed by atoms with Gasteiger partial charge in [-0.15, -0.1) is 0 Å². The van der Waals surface area contributed by atoms with Crippen LogP contribution in [0.3, 0.4) is 0 Å². The topological polar surface area (TPSA) is 32.3 Å². The molecule has 39 heavy (non-hydrogen) atoms. The number of hydrogen-bond donors (Lipinski definition) is 0. The summed E-state index contributed by atoms with van der Waals surface area (Å²) in [5, 5.41) is 14.3. The quantitative estimate of drug-likeness (QED) is 0.141. The molecule has 0 fully saturated rings. The molecule has 0 aliphatic heterocycles. The second kappa shape index (κ2) is 10.7. The molecule has 10 heteroatoms. The summed E-state index contributed by atoms with van der Waals surface area (Å²) in [6.07, 6.45) is -6.71. The first kappa shape index (κ1) is 28.2. The van der Waals surface area contributed by atoms with Crippen molar-refractivity contribution in [1.29, 1.82) is 0 Å². The summed E-state index contributed by atoms with van der Waals surface area (Å²) >= 11 is 0. The maximum Gasteiger partial charge on any atom is 0.460 e. The molecular weight excluding hydrogens is 544 g/mol.